The van der Waals surface area contributed by atoms with Crippen LogP contribution in [0.4, 0.5) is 22.0 Å². The minimum Gasteiger partial charge on any atom is -0.461 e. The highest BCUT2D eigenvalue weighted by atomic mass is 19.4. The molecule has 0 radical (unpaired) electrons. The second kappa shape index (κ2) is 18.3. The fourth-order valence-corrected chi connectivity index (χ4v) is 4.81. The zero-order valence-electron chi connectivity index (χ0n) is 27.1. The Kier molecular flexibility index (Phi) is 14.6. The van der Waals surface area contributed by atoms with E-state index in [0.29, 0.717) is 42.6 Å². The number of rotatable bonds is 18. The van der Waals surface area contributed by atoms with Crippen molar-refractivity contribution in [2.24, 2.45) is 0 Å². The molecule has 0 N–H and O–H groups in total. The number of benzene rings is 3. The summed E-state index contributed by atoms with van der Waals surface area (Å²) in [7, 11) is 0. The Morgan fingerprint density at radius 1 is 0.667 bits per heavy atom. The molecule has 1 atom stereocenters. The first-order valence-corrected chi connectivity index (χ1v) is 16.2. The molecule has 48 heavy (non-hydrogen) atoms. The van der Waals surface area contributed by atoms with Gasteiger partial charge >= 0.3 is 30.0 Å². The summed E-state index contributed by atoms with van der Waals surface area (Å²) in [6.07, 6.45) is 1.87. The van der Waals surface area contributed by atoms with E-state index in [0.717, 1.165) is 42.4 Å². The molecule has 0 aliphatic rings. The number of halogens is 5. The molecule has 0 saturated carbocycles. The van der Waals surface area contributed by atoms with Gasteiger partial charge in [-0.25, -0.2) is 14.4 Å². The van der Waals surface area contributed by atoms with Crippen molar-refractivity contribution in [3.8, 4) is 16.9 Å². The van der Waals surface area contributed by atoms with E-state index in [-0.39, 0.29) is 18.5 Å². The second-order valence-electron chi connectivity index (χ2n) is 11.6. The molecular weight excluding hydrogens is 635 g/mol. The summed E-state index contributed by atoms with van der Waals surface area (Å²) < 4.78 is 77.3. The number of hydrogen-bond acceptors (Lipinski definition) is 6. The summed E-state index contributed by atoms with van der Waals surface area (Å²) in [4.78, 5) is 36.1. The van der Waals surface area contributed by atoms with Crippen LogP contribution < -0.4 is 4.74 Å². The van der Waals surface area contributed by atoms with E-state index in [9.17, 15) is 36.3 Å². The largest absolute Gasteiger partial charge is 0.465 e. The van der Waals surface area contributed by atoms with Crippen molar-refractivity contribution < 1.29 is 50.5 Å². The molecule has 0 saturated heterocycles. The molecule has 0 fully saturated rings. The van der Waals surface area contributed by atoms with Gasteiger partial charge in [-0.05, 0) is 92.1 Å². The quantitative estimate of drug-likeness (QED) is 0.0578. The number of carbonyl (C=O) groups is 3. The van der Waals surface area contributed by atoms with Crippen molar-refractivity contribution in [2.75, 3.05) is 6.61 Å². The first-order valence-electron chi connectivity index (χ1n) is 16.2. The van der Waals surface area contributed by atoms with Gasteiger partial charge in [-0.1, -0.05) is 75.4 Å². The van der Waals surface area contributed by atoms with Crippen LogP contribution >= 0.6 is 0 Å². The number of unbranched alkanes of at least 4 members (excludes halogenated alkanes) is 6. The van der Waals surface area contributed by atoms with Gasteiger partial charge in [-0.3, -0.25) is 0 Å². The molecular formula is C37H41F5O6. The summed E-state index contributed by atoms with van der Waals surface area (Å²) in [6, 6.07) is 21.0. The van der Waals surface area contributed by atoms with Gasteiger partial charge in [0.25, 0.3) is 0 Å². The zero-order chi connectivity index (χ0) is 35.2. The molecule has 1 unspecified atom stereocenters. The number of esters is 3. The monoisotopic (exact) mass is 676 g/mol. The number of carbonyl (C=O) groups excluding carboxylic acids is 3. The molecule has 0 aliphatic carbocycles. The molecule has 0 spiro atoms. The lowest BCUT2D eigenvalue weighted by molar-refractivity contribution is -0.280. The van der Waals surface area contributed by atoms with Crippen LogP contribution in [0.5, 0.6) is 5.75 Å². The number of aryl methyl sites for hydroxylation is 1. The molecule has 3 rings (SSSR count). The summed E-state index contributed by atoms with van der Waals surface area (Å²) in [5.74, 6) is -8.61. The van der Waals surface area contributed by atoms with Gasteiger partial charge in [0.1, 0.15) is 5.75 Å². The van der Waals surface area contributed by atoms with Crippen LogP contribution in [0.15, 0.2) is 72.8 Å². The van der Waals surface area contributed by atoms with Gasteiger partial charge in [-0.15, -0.1) is 0 Å². The third kappa shape index (κ3) is 11.8. The molecule has 0 amide bonds. The van der Waals surface area contributed by atoms with Crippen LogP contribution in [0.3, 0.4) is 0 Å². The number of alkyl halides is 5. The summed E-state index contributed by atoms with van der Waals surface area (Å²) in [5, 5.41) is 0. The minimum atomic E-state index is -5.98. The fourth-order valence-electron chi connectivity index (χ4n) is 4.81. The smallest absolute Gasteiger partial charge is 0.461 e. The Morgan fingerprint density at radius 2 is 1.21 bits per heavy atom. The maximum absolute atomic E-state index is 12.9. The van der Waals surface area contributed by atoms with Crippen molar-refractivity contribution in [3.05, 3.63) is 89.5 Å². The molecule has 0 bridgehead atoms. The van der Waals surface area contributed by atoms with Crippen LogP contribution in [-0.4, -0.2) is 42.7 Å². The Morgan fingerprint density at radius 3 is 1.81 bits per heavy atom. The lowest BCUT2D eigenvalue weighted by Gasteiger charge is -2.17. The number of hydrogen-bond donors (Lipinski definition) is 0. The maximum atomic E-state index is 12.9. The van der Waals surface area contributed by atoms with Crippen molar-refractivity contribution in [1.82, 2.24) is 0 Å². The van der Waals surface area contributed by atoms with Gasteiger partial charge < -0.3 is 14.2 Å². The van der Waals surface area contributed by atoms with E-state index in [1.165, 1.54) is 6.42 Å². The van der Waals surface area contributed by atoms with Gasteiger partial charge in [0, 0.05) is 0 Å². The summed E-state index contributed by atoms with van der Waals surface area (Å²) >= 11 is 0. The van der Waals surface area contributed by atoms with E-state index in [1.807, 2.05) is 31.2 Å². The molecule has 0 heterocycles. The first kappa shape index (κ1) is 38.2. The molecule has 260 valence electrons. The Labute approximate surface area is 277 Å². The Bertz CT molecular complexity index is 1450. The number of ether oxygens (including phenoxy) is 3. The van der Waals surface area contributed by atoms with Gasteiger partial charge in [-0.2, -0.15) is 22.0 Å². The van der Waals surface area contributed by atoms with Crippen LogP contribution in [-0.2, 0) is 20.7 Å². The highest BCUT2D eigenvalue weighted by Crippen LogP contribution is 2.36. The van der Waals surface area contributed by atoms with Crippen molar-refractivity contribution in [3.63, 3.8) is 0 Å². The second-order valence-corrected chi connectivity index (χ2v) is 11.6. The molecule has 6 nitrogen and oxygen atoms in total. The predicted molar refractivity (Wildman–Crippen MR) is 171 cm³/mol. The molecule has 0 aromatic heterocycles. The molecule has 11 heteroatoms. The van der Waals surface area contributed by atoms with Crippen molar-refractivity contribution in [2.45, 2.75) is 96.3 Å². The minimum absolute atomic E-state index is 0.136. The van der Waals surface area contributed by atoms with E-state index in [4.69, 9.17) is 9.47 Å². The third-order valence-corrected chi connectivity index (χ3v) is 7.69. The Hall–Kier alpha value is -4.28. The summed E-state index contributed by atoms with van der Waals surface area (Å²) in [6.45, 7) is 3.55. The van der Waals surface area contributed by atoms with Crippen molar-refractivity contribution in [1.29, 1.82) is 0 Å². The molecule has 3 aromatic carbocycles. The molecule has 0 aliphatic heterocycles. The van der Waals surface area contributed by atoms with Crippen molar-refractivity contribution >= 4 is 17.9 Å². The topological polar surface area (TPSA) is 78.9 Å². The average molecular weight is 677 g/mol. The van der Waals surface area contributed by atoms with Gasteiger partial charge in [0.15, 0.2) is 0 Å². The lowest BCUT2D eigenvalue weighted by Crippen LogP contribution is -2.45. The van der Waals surface area contributed by atoms with Crippen LogP contribution in [0.2, 0.25) is 0 Å². The van der Waals surface area contributed by atoms with E-state index in [1.54, 1.807) is 48.5 Å². The van der Waals surface area contributed by atoms with E-state index >= 15 is 0 Å². The van der Waals surface area contributed by atoms with Crippen LogP contribution in [0.1, 0.15) is 97.9 Å². The van der Waals surface area contributed by atoms with E-state index < -0.39 is 30.6 Å². The zero-order valence-corrected chi connectivity index (χ0v) is 27.1. The maximum Gasteiger partial charge on any atom is 0.465 e. The van der Waals surface area contributed by atoms with Crippen LogP contribution in [0.25, 0.3) is 11.1 Å². The fraction of sp³-hybridized carbons (Fsp3) is 0.432. The SMILES string of the molecule is CCCCCCC(C)OC(=O)c1ccc(-c2ccc(OC(=O)c3ccc(CCCCCCOC(=O)C(F)(F)C(F)(F)F)cc3)cc2)cc1. The normalized spacial score (nSPS) is 12.3. The highest BCUT2D eigenvalue weighted by molar-refractivity contribution is 5.91. The van der Waals surface area contributed by atoms with Gasteiger partial charge in [0.2, 0.25) is 0 Å². The predicted octanol–water partition coefficient (Wildman–Crippen LogP) is 9.93. The summed E-state index contributed by atoms with van der Waals surface area (Å²) in [5.41, 5.74) is 3.56. The average Bonchev–Trinajstić information content (AvgIpc) is 3.06. The Balaban J connectivity index is 1.38. The lowest BCUT2D eigenvalue weighted by atomic mass is 10.0. The van der Waals surface area contributed by atoms with E-state index in [2.05, 4.69) is 11.7 Å². The van der Waals surface area contributed by atoms with Crippen LogP contribution in [0, 0.1) is 0 Å². The highest BCUT2D eigenvalue weighted by Gasteiger charge is 2.64. The first-order chi connectivity index (χ1) is 22.8. The molecule has 3 aromatic rings. The third-order valence-electron chi connectivity index (χ3n) is 7.69. The standard InChI is InChI=1S/C37H41F5O6/c1-3-4-5-8-11-26(2)47-33(43)31-19-17-28(18-20-31)29-21-23-32(24-22-29)48-34(44)30-15-13-27(14-16-30)12-9-6-7-10-25-46-35(45)36(38,39)37(40,41)42/h13-24,26H,3-12,25H2,1-2H3. The van der Waals surface area contributed by atoms with Gasteiger partial charge in [0.05, 0.1) is 23.8 Å².